The molecule has 0 fully saturated rings. The van der Waals surface area contributed by atoms with Crippen molar-refractivity contribution >= 4 is 5.78 Å². The van der Waals surface area contributed by atoms with Crippen LogP contribution in [0, 0.1) is 0 Å². The van der Waals surface area contributed by atoms with Gasteiger partial charge in [-0.15, -0.1) is 0 Å². The molecule has 0 aliphatic rings. The average Bonchev–Trinajstić information content (AvgIpc) is 1.64. The van der Waals surface area contributed by atoms with Crippen LogP contribution in [0.1, 0.15) is 13.8 Å². The summed E-state index contributed by atoms with van der Waals surface area (Å²) < 4.78 is 0. The molecule has 2 nitrogen and oxygen atoms in total. The van der Waals surface area contributed by atoms with E-state index >= 15 is 0 Å². The van der Waals surface area contributed by atoms with E-state index in [1.165, 1.54) is 0 Å². The number of rotatable bonds is 2. The molecule has 0 spiro atoms. The van der Waals surface area contributed by atoms with Gasteiger partial charge in [-0.25, -0.2) is 0 Å². The second-order valence-corrected chi connectivity index (χ2v) is 2.12. The summed E-state index contributed by atoms with van der Waals surface area (Å²) in [5.41, 5.74) is 0.759. The first-order valence-electron chi connectivity index (χ1n) is 2.94. The van der Waals surface area contributed by atoms with E-state index in [-0.39, 0.29) is 5.78 Å². The van der Waals surface area contributed by atoms with Gasteiger partial charge in [-0.2, -0.15) is 0 Å². The van der Waals surface area contributed by atoms with E-state index in [2.05, 4.69) is 0 Å². The monoisotopic (exact) mass is 127 g/mol. The Labute approximate surface area is 56.2 Å². The van der Waals surface area contributed by atoms with Crippen LogP contribution < -0.4 is 0 Å². The lowest BCUT2D eigenvalue weighted by molar-refractivity contribution is -0.114. The van der Waals surface area contributed by atoms with Crippen LogP contribution >= 0.6 is 0 Å². The third kappa shape index (κ3) is 2.31. The molecule has 0 saturated heterocycles. The molecule has 0 amide bonds. The van der Waals surface area contributed by atoms with Crippen molar-refractivity contribution in [2.75, 3.05) is 14.1 Å². The fraction of sp³-hybridized carbons (Fsp3) is 0.571. The molecule has 0 radical (unpaired) electrons. The van der Waals surface area contributed by atoms with Crippen LogP contribution in [0.4, 0.5) is 0 Å². The Morgan fingerprint density at radius 3 is 1.89 bits per heavy atom. The molecule has 0 atom stereocenters. The summed E-state index contributed by atoms with van der Waals surface area (Å²) in [5.74, 6) is 0.113. The zero-order valence-electron chi connectivity index (χ0n) is 6.43. The second kappa shape index (κ2) is 3.28. The van der Waals surface area contributed by atoms with E-state index < -0.39 is 0 Å². The Hall–Kier alpha value is -0.790. The second-order valence-electron chi connectivity index (χ2n) is 2.12. The highest BCUT2D eigenvalue weighted by molar-refractivity contribution is 5.92. The Morgan fingerprint density at radius 1 is 1.44 bits per heavy atom. The normalized spacial score (nSPS) is 11.3. The van der Waals surface area contributed by atoms with Gasteiger partial charge in [0.15, 0.2) is 5.78 Å². The lowest BCUT2D eigenvalue weighted by Crippen LogP contribution is -2.16. The van der Waals surface area contributed by atoms with Crippen molar-refractivity contribution in [1.29, 1.82) is 0 Å². The van der Waals surface area contributed by atoms with Gasteiger partial charge in [0, 0.05) is 21.0 Å². The summed E-state index contributed by atoms with van der Waals surface area (Å²) >= 11 is 0. The number of allylic oxidation sites excluding steroid dienone is 2. The minimum atomic E-state index is 0.113. The molecule has 0 aliphatic heterocycles. The van der Waals surface area contributed by atoms with Crippen LogP contribution in [0.3, 0.4) is 0 Å². The zero-order valence-corrected chi connectivity index (χ0v) is 6.43. The highest BCUT2D eigenvalue weighted by Crippen LogP contribution is 1.97. The Morgan fingerprint density at radius 2 is 1.89 bits per heavy atom. The van der Waals surface area contributed by atoms with Gasteiger partial charge in [0.05, 0.1) is 5.70 Å². The summed E-state index contributed by atoms with van der Waals surface area (Å²) in [6.45, 7) is 3.42. The Kier molecular flexibility index (Phi) is 2.99. The zero-order chi connectivity index (χ0) is 7.44. The number of nitrogens with zero attached hydrogens (tertiary/aromatic N) is 1. The number of carbonyl (C=O) groups is 1. The molecular weight excluding hydrogens is 114 g/mol. The highest BCUT2D eigenvalue weighted by Gasteiger charge is 2.01. The van der Waals surface area contributed by atoms with Gasteiger partial charge in [0.1, 0.15) is 0 Å². The third-order valence-corrected chi connectivity index (χ3v) is 1.12. The van der Waals surface area contributed by atoms with Crippen LogP contribution in [0.5, 0.6) is 0 Å². The molecular formula is C7H13NO. The SMILES string of the molecule is CC=C(C(C)=O)N(C)C. The Balaban J connectivity index is 4.19. The largest absolute Gasteiger partial charge is 0.375 e. The van der Waals surface area contributed by atoms with Crippen molar-refractivity contribution in [3.8, 4) is 0 Å². The maximum atomic E-state index is 10.7. The third-order valence-electron chi connectivity index (χ3n) is 1.12. The average molecular weight is 127 g/mol. The van der Waals surface area contributed by atoms with E-state index in [4.69, 9.17) is 0 Å². The summed E-state index contributed by atoms with van der Waals surface area (Å²) in [7, 11) is 3.72. The van der Waals surface area contributed by atoms with E-state index in [1.807, 2.05) is 32.0 Å². The van der Waals surface area contributed by atoms with Crippen molar-refractivity contribution in [3.05, 3.63) is 11.8 Å². The van der Waals surface area contributed by atoms with Crippen molar-refractivity contribution in [2.45, 2.75) is 13.8 Å². The van der Waals surface area contributed by atoms with Crippen LogP contribution in [-0.4, -0.2) is 24.8 Å². The lowest BCUT2D eigenvalue weighted by Gasteiger charge is -2.12. The summed E-state index contributed by atoms with van der Waals surface area (Å²) in [4.78, 5) is 12.5. The fourth-order valence-corrected chi connectivity index (χ4v) is 0.776. The van der Waals surface area contributed by atoms with Gasteiger partial charge >= 0.3 is 0 Å². The molecule has 0 aromatic heterocycles. The number of likely N-dealkylation sites (N-methyl/N-ethyl adjacent to an activating group) is 1. The number of Topliss-reactive ketones (excluding diaryl/α,β-unsaturated/α-hetero) is 1. The van der Waals surface area contributed by atoms with Gasteiger partial charge in [0.25, 0.3) is 0 Å². The van der Waals surface area contributed by atoms with Crippen LogP contribution in [-0.2, 0) is 4.79 Å². The van der Waals surface area contributed by atoms with E-state index in [9.17, 15) is 4.79 Å². The van der Waals surface area contributed by atoms with Crippen molar-refractivity contribution < 1.29 is 4.79 Å². The maximum Gasteiger partial charge on any atom is 0.175 e. The quantitative estimate of drug-likeness (QED) is 0.516. The van der Waals surface area contributed by atoms with E-state index in [1.54, 1.807) is 6.92 Å². The molecule has 2 heteroatoms. The molecule has 52 valence electrons. The summed E-state index contributed by atoms with van der Waals surface area (Å²) in [5, 5.41) is 0. The minimum Gasteiger partial charge on any atom is -0.375 e. The number of hydrogen-bond acceptors (Lipinski definition) is 2. The fourth-order valence-electron chi connectivity index (χ4n) is 0.776. The lowest BCUT2D eigenvalue weighted by atomic mass is 10.3. The van der Waals surface area contributed by atoms with Gasteiger partial charge in [-0.1, -0.05) is 6.08 Å². The number of hydrogen-bond donors (Lipinski definition) is 0. The maximum absolute atomic E-state index is 10.7. The minimum absolute atomic E-state index is 0.113. The van der Waals surface area contributed by atoms with Crippen LogP contribution in [0.2, 0.25) is 0 Å². The molecule has 0 aromatic rings. The van der Waals surface area contributed by atoms with Crippen molar-refractivity contribution in [3.63, 3.8) is 0 Å². The predicted octanol–water partition coefficient (Wildman–Crippen LogP) is 1.04. The highest BCUT2D eigenvalue weighted by atomic mass is 16.1. The number of ketones is 1. The topological polar surface area (TPSA) is 20.3 Å². The molecule has 0 bridgehead atoms. The van der Waals surface area contributed by atoms with Gasteiger partial charge in [0.2, 0.25) is 0 Å². The predicted molar refractivity (Wildman–Crippen MR) is 38.1 cm³/mol. The molecule has 0 aromatic carbocycles. The number of carbonyl (C=O) groups excluding carboxylic acids is 1. The van der Waals surface area contributed by atoms with E-state index in [0.29, 0.717) is 0 Å². The molecule has 0 aliphatic carbocycles. The van der Waals surface area contributed by atoms with Gasteiger partial charge in [-0.05, 0) is 6.92 Å². The smallest absolute Gasteiger partial charge is 0.175 e. The summed E-state index contributed by atoms with van der Waals surface area (Å²) in [6.07, 6.45) is 1.81. The van der Waals surface area contributed by atoms with Crippen LogP contribution in [0.15, 0.2) is 11.8 Å². The molecule has 0 saturated carbocycles. The van der Waals surface area contributed by atoms with Crippen molar-refractivity contribution in [2.24, 2.45) is 0 Å². The first-order valence-corrected chi connectivity index (χ1v) is 2.94. The molecule has 0 heterocycles. The molecule has 0 N–H and O–H groups in total. The molecule has 9 heavy (non-hydrogen) atoms. The molecule has 0 rings (SSSR count). The van der Waals surface area contributed by atoms with Gasteiger partial charge in [-0.3, -0.25) is 4.79 Å². The van der Waals surface area contributed by atoms with Crippen LogP contribution in [0.25, 0.3) is 0 Å². The van der Waals surface area contributed by atoms with E-state index in [0.717, 1.165) is 5.70 Å². The first kappa shape index (κ1) is 8.21. The molecule has 0 unspecified atom stereocenters. The first-order chi connectivity index (χ1) is 4.09. The Bertz CT molecular complexity index is 136. The standard InChI is InChI=1S/C7H13NO/c1-5-7(6(2)9)8(3)4/h5H,1-4H3. The van der Waals surface area contributed by atoms with Crippen molar-refractivity contribution in [1.82, 2.24) is 4.90 Å². The van der Waals surface area contributed by atoms with Gasteiger partial charge < -0.3 is 4.90 Å². The summed E-state index contributed by atoms with van der Waals surface area (Å²) in [6, 6.07) is 0.